The number of nitrogens with one attached hydrogen (secondary N) is 2. The van der Waals surface area contributed by atoms with E-state index in [0.29, 0.717) is 5.69 Å². The van der Waals surface area contributed by atoms with Gasteiger partial charge in [0.05, 0.1) is 19.8 Å². The Morgan fingerprint density at radius 2 is 1.90 bits per heavy atom. The number of fused-ring (bicyclic) bond motifs is 1. The third kappa shape index (κ3) is 4.77. The van der Waals surface area contributed by atoms with Crippen molar-refractivity contribution in [1.82, 2.24) is 10.2 Å². The van der Waals surface area contributed by atoms with Crippen LogP contribution < -0.4 is 10.6 Å². The fraction of sp³-hybridized carbons (Fsp3) is 0.409. The van der Waals surface area contributed by atoms with Crippen LogP contribution in [0.2, 0.25) is 5.02 Å². The standard InChI is InChI=1S/C22H28ClN3O4/c1-14-6-17-18(9-26(2)10-19(17)20(23)7-14)15-4-3-5-16(8-15)24-21(30)25-22(11-27,12-28)13-29/h3-8,18,27-29H,9-13H2,1-2H3,(H2,24,25,30). The van der Waals surface area contributed by atoms with Crippen molar-refractivity contribution in [3.05, 3.63) is 63.7 Å². The van der Waals surface area contributed by atoms with Crippen LogP contribution in [0.15, 0.2) is 36.4 Å². The zero-order valence-electron chi connectivity index (χ0n) is 17.2. The van der Waals surface area contributed by atoms with E-state index in [9.17, 15) is 20.1 Å². The van der Waals surface area contributed by atoms with Crippen molar-refractivity contribution < 1.29 is 20.1 Å². The molecule has 162 valence electrons. The monoisotopic (exact) mass is 433 g/mol. The Kier molecular flexibility index (Phi) is 7.00. The van der Waals surface area contributed by atoms with E-state index in [2.05, 4.69) is 28.6 Å². The van der Waals surface area contributed by atoms with Gasteiger partial charge in [0, 0.05) is 29.7 Å². The van der Waals surface area contributed by atoms with Gasteiger partial charge >= 0.3 is 6.03 Å². The lowest BCUT2D eigenvalue weighted by Gasteiger charge is -2.34. The molecule has 0 aliphatic carbocycles. The van der Waals surface area contributed by atoms with E-state index < -0.39 is 31.4 Å². The van der Waals surface area contributed by atoms with Gasteiger partial charge < -0.3 is 30.9 Å². The number of halogens is 1. The molecule has 1 atom stereocenters. The summed E-state index contributed by atoms with van der Waals surface area (Å²) < 4.78 is 0. The highest BCUT2D eigenvalue weighted by atomic mass is 35.5. The van der Waals surface area contributed by atoms with Crippen molar-refractivity contribution in [2.75, 3.05) is 38.7 Å². The SMILES string of the molecule is Cc1cc(Cl)c2c(c1)C(c1cccc(NC(=O)NC(CO)(CO)CO)c1)CN(C)C2. The van der Waals surface area contributed by atoms with Gasteiger partial charge in [-0.15, -0.1) is 0 Å². The third-order valence-electron chi connectivity index (χ3n) is 5.51. The number of hydrogen-bond acceptors (Lipinski definition) is 5. The highest BCUT2D eigenvalue weighted by molar-refractivity contribution is 6.31. The highest BCUT2D eigenvalue weighted by Crippen LogP contribution is 2.37. The number of carbonyl (C=O) groups excluding carboxylic acids is 1. The van der Waals surface area contributed by atoms with Crippen LogP contribution in [0.4, 0.5) is 10.5 Å². The maximum Gasteiger partial charge on any atom is 0.319 e. The molecule has 0 fully saturated rings. The van der Waals surface area contributed by atoms with Crippen LogP contribution >= 0.6 is 11.6 Å². The molecule has 1 heterocycles. The molecular weight excluding hydrogens is 406 g/mol. The number of aliphatic hydroxyl groups is 3. The molecule has 3 rings (SSSR count). The number of benzene rings is 2. The Morgan fingerprint density at radius 1 is 1.20 bits per heavy atom. The molecule has 1 unspecified atom stereocenters. The van der Waals surface area contributed by atoms with Crippen LogP contribution in [0.25, 0.3) is 0 Å². The van der Waals surface area contributed by atoms with Crippen molar-refractivity contribution in [1.29, 1.82) is 0 Å². The van der Waals surface area contributed by atoms with Gasteiger partial charge in [0.15, 0.2) is 0 Å². The minimum atomic E-state index is -1.49. The van der Waals surface area contributed by atoms with E-state index in [1.165, 1.54) is 5.56 Å². The van der Waals surface area contributed by atoms with E-state index in [1.54, 1.807) is 6.07 Å². The second kappa shape index (κ2) is 9.32. The first kappa shape index (κ1) is 22.5. The van der Waals surface area contributed by atoms with E-state index in [0.717, 1.165) is 34.8 Å². The molecule has 0 saturated heterocycles. The van der Waals surface area contributed by atoms with Gasteiger partial charge in [0.25, 0.3) is 0 Å². The van der Waals surface area contributed by atoms with Crippen LogP contribution in [-0.2, 0) is 6.54 Å². The van der Waals surface area contributed by atoms with Crippen LogP contribution in [0.3, 0.4) is 0 Å². The minimum absolute atomic E-state index is 0.104. The van der Waals surface area contributed by atoms with Gasteiger partial charge in [-0.1, -0.05) is 29.8 Å². The predicted octanol–water partition coefficient (Wildman–Crippen LogP) is 2.06. The molecule has 7 nitrogen and oxygen atoms in total. The van der Waals surface area contributed by atoms with Gasteiger partial charge in [0.2, 0.25) is 0 Å². The average Bonchev–Trinajstić information content (AvgIpc) is 2.72. The first-order chi connectivity index (χ1) is 14.3. The smallest absolute Gasteiger partial charge is 0.319 e. The lowest BCUT2D eigenvalue weighted by molar-refractivity contribution is 0.0507. The topological polar surface area (TPSA) is 105 Å². The Balaban J connectivity index is 1.85. The molecule has 30 heavy (non-hydrogen) atoms. The first-order valence-electron chi connectivity index (χ1n) is 9.80. The summed E-state index contributed by atoms with van der Waals surface area (Å²) in [6.07, 6.45) is 0. The zero-order chi connectivity index (χ0) is 21.9. The number of aryl methyl sites for hydroxylation is 1. The molecule has 2 aromatic rings. The molecule has 1 aliphatic rings. The second-order valence-electron chi connectivity index (χ2n) is 8.02. The van der Waals surface area contributed by atoms with E-state index >= 15 is 0 Å². The molecule has 0 radical (unpaired) electrons. The maximum absolute atomic E-state index is 12.4. The molecule has 0 bridgehead atoms. The quantitative estimate of drug-likeness (QED) is 0.479. The van der Waals surface area contributed by atoms with Crippen molar-refractivity contribution in [2.24, 2.45) is 0 Å². The predicted molar refractivity (Wildman–Crippen MR) is 117 cm³/mol. The van der Waals surface area contributed by atoms with Gasteiger partial charge in [0.1, 0.15) is 5.54 Å². The van der Waals surface area contributed by atoms with Crippen molar-refractivity contribution >= 4 is 23.3 Å². The van der Waals surface area contributed by atoms with Crippen LogP contribution in [-0.4, -0.2) is 65.2 Å². The summed E-state index contributed by atoms with van der Waals surface area (Å²) in [5, 5.41) is 34.1. The van der Waals surface area contributed by atoms with Crippen molar-refractivity contribution in [3.8, 4) is 0 Å². The molecule has 1 aliphatic heterocycles. The summed E-state index contributed by atoms with van der Waals surface area (Å²) in [7, 11) is 2.06. The summed E-state index contributed by atoms with van der Waals surface area (Å²) in [5.74, 6) is 0.104. The summed E-state index contributed by atoms with van der Waals surface area (Å²) in [5.41, 5.74) is 3.55. The van der Waals surface area contributed by atoms with Gasteiger partial charge in [-0.25, -0.2) is 4.79 Å². The lowest BCUT2D eigenvalue weighted by Crippen LogP contribution is -2.58. The summed E-state index contributed by atoms with van der Waals surface area (Å²) in [4.78, 5) is 14.6. The lowest BCUT2D eigenvalue weighted by atomic mass is 9.84. The Bertz CT molecular complexity index is 909. The third-order valence-corrected chi connectivity index (χ3v) is 5.84. The van der Waals surface area contributed by atoms with Gasteiger partial charge in [-0.2, -0.15) is 0 Å². The van der Waals surface area contributed by atoms with Crippen LogP contribution in [0.1, 0.15) is 28.2 Å². The first-order valence-corrected chi connectivity index (χ1v) is 10.2. The Hall–Kier alpha value is -2.16. The van der Waals surface area contributed by atoms with Crippen LogP contribution in [0.5, 0.6) is 0 Å². The molecule has 2 aromatic carbocycles. The molecule has 0 saturated carbocycles. The largest absolute Gasteiger partial charge is 0.394 e. The highest BCUT2D eigenvalue weighted by Gasteiger charge is 2.30. The number of carbonyl (C=O) groups is 1. The Morgan fingerprint density at radius 3 is 2.57 bits per heavy atom. The molecule has 0 spiro atoms. The number of nitrogens with zero attached hydrogens (tertiary/aromatic N) is 1. The normalized spacial score (nSPS) is 16.8. The second-order valence-corrected chi connectivity index (χ2v) is 8.43. The van der Waals surface area contributed by atoms with E-state index in [1.807, 2.05) is 31.2 Å². The average molecular weight is 434 g/mol. The van der Waals surface area contributed by atoms with Gasteiger partial charge in [-0.05, 0) is 54.4 Å². The minimum Gasteiger partial charge on any atom is -0.394 e. The molecule has 5 N–H and O–H groups in total. The number of likely N-dealkylation sites (N-methyl/N-ethyl adjacent to an activating group) is 1. The summed E-state index contributed by atoms with van der Waals surface area (Å²) in [6, 6.07) is 11.1. The van der Waals surface area contributed by atoms with E-state index in [4.69, 9.17) is 11.6 Å². The fourth-order valence-corrected chi connectivity index (χ4v) is 4.15. The fourth-order valence-electron chi connectivity index (χ4n) is 3.81. The number of aliphatic hydroxyl groups excluding tert-OH is 3. The van der Waals surface area contributed by atoms with E-state index in [-0.39, 0.29) is 5.92 Å². The molecule has 0 aromatic heterocycles. The van der Waals surface area contributed by atoms with Crippen molar-refractivity contribution in [3.63, 3.8) is 0 Å². The molecule has 8 heteroatoms. The zero-order valence-corrected chi connectivity index (χ0v) is 17.9. The summed E-state index contributed by atoms with van der Waals surface area (Å²) in [6.45, 7) is 1.89. The summed E-state index contributed by atoms with van der Waals surface area (Å²) >= 11 is 6.52. The number of amides is 2. The van der Waals surface area contributed by atoms with Crippen molar-refractivity contribution in [2.45, 2.75) is 24.9 Å². The maximum atomic E-state index is 12.4. The number of anilines is 1. The number of urea groups is 1. The number of hydrogen-bond donors (Lipinski definition) is 5. The number of rotatable bonds is 6. The molecular formula is C22H28ClN3O4. The van der Waals surface area contributed by atoms with Gasteiger partial charge in [-0.3, -0.25) is 0 Å². The van der Waals surface area contributed by atoms with Crippen LogP contribution in [0, 0.1) is 6.92 Å². The molecule has 2 amide bonds. The Labute approximate surface area is 181 Å².